The molecule has 168 valence electrons. The van der Waals surface area contributed by atoms with Crippen molar-refractivity contribution >= 4 is 11.6 Å². The Morgan fingerprint density at radius 1 is 0.931 bits per heavy atom. The molecule has 4 nitrogen and oxygen atoms in total. The molecule has 0 saturated heterocycles. The lowest BCUT2D eigenvalue weighted by molar-refractivity contribution is 0.144. The van der Waals surface area contributed by atoms with Crippen LogP contribution in [0.3, 0.4) is 0 Å². The van der Waals surface area contributed by atoms with Gasteiger partial charge in [-0.2, -0.15) is 0 Å². The second-order valence-electron chi connectivity index (χ2n) is 7.54. The van der Waals surface area contributed by atoms with Crippen LogP contribution in [0.4, 0.5) is 0 Å². The zero-order valence-corrected chi connectivity index (χ0v) is 18.9. The van der Waals surface area contributed by atoms with Gasteiger partial charge in [-0.15, -0.1) is 0 Å². The summed E-state index contributed by atoms with van der Waals surface area (Å²) in [5.41, 5.74) is 5.51. The number of aromatic hydroxyl groups is 1. The van der Waals surface area contributed by atoms with Gasteiger partial charge < -0.3 is 21.1 Å². The van der Waals surface area contributed by atoms with Crippen LogP contribution in [0.5, 0.6) is 5.75 Å². The molecule has 1 aromatic carbocycles. The number of unbranched alkanes of at least 4 members (excludes halogenated alkanes) is 11. The summed E-state index contributed by atoms with van der Waals surface area (Å²) in [6.07, 6.45) is 18.8. The summed E-state index contributed by atoms with van der Waals surface area (Å²) in [5.74, 6) is 0.133. The van der Waals surface area contributed by atoms with Gasteiger partial charge in [0.05, 0.1) is 23.8 Å². The molecule has 1 aromatic rings. The van der Waals surface area contributed by atoms with Gasteiger partial charge in [0.15, 0.2) is 0 Å². The summed E-state index contributed by atoms with van der Waals surface area (Å²) in [6, 6.07) is 6.11. The monoisotopic (exact) mass is 427 g/mol. The van der Waals surface area contributed by atoms with E-state index in [0.717, 1.165) is 6.42 Å². The number of halogens is 1. The number of phenols is 1. The van der Waals surface area contributed by atoms with Crippen molar-refractivity contribution < 1.29 is 15.3 Å². The first-order valence-electron chi connectivity index (χ1n) is 11.2. The molecular formula is C24H42ClNO3. The van der Waals surface area contributed by atoms with Gasteiger partial charge in [0.2, 0.25) is 0 Å². The Kier molecular flexibility index (Phi) is 19.5. The number of para-hydroxylation sites is 1. The van der Waals surface area contributed by atoms with Crippen molar-refractivity contribution in [3.63, 3.8) is 0 Å². The van der Waals surface area contributed by atoms with Crippen LogP contribution in [0.25, 0.3) is 0 Å². The van der Waals surface area contributed by atoms with Crippen molar-refractivity contribution in [1.29, 1.82) is 0 Å². The summed E-state index contributed by atoms with van der Waals surface area (Å²) < 4.78 is 0. The minimum absolute atomic E-state index is 0.133. The Labute approximate surface area is 182 Å². The summed E-state index contributed by atoms with van der Waals surface area (Å²) in [5, 5.41) is 27.5. The number of hydrogen-bond donors (Lipinski definition) is 4. The maximum absolute atomic E-state index is 9.52. The van der Waals surface area contributed by atoms with Crippen molar-refractivity contribution in [3.8, 4) is 5.75 Å². The van der Waals surface area contributed by atoms with Crippen LogP contribution in [0, 0.1) is 0 Å². The lowest BCUT2D eigenvalue weighted by Gasteiger charge is -2.11. The minimum atomic E-state index is -0.720. The van der Waals surface area contributed by atoms with Crippen LogP contribution < -0.4 is 5.73 Å². The molecule has 0 fully saturated rings. The lowest BCUT2D eigenvalue weighted by atomic mass is 10.0. The van der Waals surface area contributed by atoms with E-state index in [4.69, 9.17) is 27.5 Å². The molecule has 0 aliphatic rings. The summed E-state index contributed by atoms with van der Waals surface area (Å²) >= 11 is 5.46. The molecule has 0 radical (unpaired) electrons. The first-order chi connectivity index (χ1) is 14.0. The molecule has 2 unspecified atom stereocenters. The Morgan fingerprint density at radius 3 is 1.90 bits per heavy atom. The molecule has 2 atom stereocenters. The van der Waals surface area contributed by atoms with Gasteiger partial charge in [0, 0.05) is 0 Å². The first kappa shape index (κ1) is 27.9. The summed E-state index contributed by atoms with van der Waals surface area (Å²) in [6.45, 7) is 2.08. The van der Waals surface area contributed by atoms with Crippen molar-refractivity contribution in [1.82, 2.24) is 0 Å². The van der Waals surface area contributed by atoms with Crippen LogP contribution in [0.15, 0.2) is 36.4 Å². The summed E-state index contributed by atoms with van der Waals surface area (Å²) in [4.78, 5) is 0. The molecule has 29 heavy (non-hydrogen) atoms. The molecule has 0 aliphatic heterocycles. The second-order valence-corrected chi connectivity index (χ2v) is 7.95. The third kappa shape index (κ3) is 17.5. The molecule has 5 N–H and O–H groups in total. The maximum atomic E-state index is 9.52. The van der Waals surface area contributed by atoms with Gasteiger partial charge in [-0.25, -0.2) is 0 Å². The number of allylic oxidation sites excluding steroid dienone is 1. The predicted molar refractivity (Wildman–Crippen MR) is 124 cm³/mol. The zero-order chi connectivity index (χ0) is 21.7. The smallest absolute Gasteiger partial charge is 0.134 e. The highest BCUT2D eigenvalue weighted by Gasteiger charge is 2.08. The maximum Gasteiger partial charge on any atom is 0.134 e. The van der Waals surface area contributed by atoms with E-state index >= 15 is 0 Å². The van der Waals surface area contributed by atoms with Gasteiger partial charge in [-0.05, 0) is 25.0 Å². The Hall–Kier alpha value is -1.07. The number of phenolic OH excluding ortho intramolecular Hbond substituents is 1. The number of aliphatic hydroxyl groups excluding tert-OH is 2. The van der Waals surface area contributed by atoms with E-state index in [1.165, 1.54) is 70.6 Å². The molecule has 0 aliphatic carbocycles. The summed E-state index contributed by atoms with van der Waals surface area (Å²) in [7, 11) is 0. The lowest BCUT2D eigenvalue weighted by Crippen LogP contribution is -2.36. The van der Waals surface area contributed by atoms with E-state index < -0.39 is 12.1 Å². The Balaban J connectivity index is 0.000000807. The van der Waals surface area contributed by atoms with Crippen LogP contribution in [-0.4, -0.2) is 34.1 Å². The highest BCUT2D eigenvalue weighted by atomic mass is 35.5. The molecule has 0 spiro atoms. The minimum Gasteiger partial charge on any atom is -0.506 e. The van der Waals surface area contributed by atoms with Crippen LogP contribution >= 0.6 is 11.6 Å². The van der Waals surface area contributed by atoms with Crippen molar-refractivity contribution in [2.75, 3.05) is 6.61 Å². The highest BCUT2D eigenvalue weighted by Crippen LogP contribution is 2.20. The van der Waals surface area contributed by atoms with Gasteiger partial charge in [-0.1, -0.05) is 107 Å². The number of benzene rings is 1. The average molecular weight is 428 g/mol. The average Bonchev–Trinajstić information content (AvgIpc) is 2.73. The standard InChI is InChI=1S/C18H37NO2.C6H5ClO/c1-2-3-4-5-6-7-8-9-10-11-12-13-14-15-18(21)17(19)16-20;7-5-3-1-2-4-6(5)8/h14-15,17-18,20-21H,2-13,16,19H2,1H3;1-4,8H/b15-14+;. The van der Waals surface area contributed by atoms with E-state index in [1.807, 2.05) is 6.08 Å². The van der Waals surface area contributed by atoms with Crippen molar-refractivity contribution in [2.24, 2.45) is 5.73 Å². The SMILES string of the molecule is CCCCCCCCCCCCC/C=C/C(O)C(N)CO.Oc1ccccc1Cl. The third-order valence-electron chi connectivity index (χ3n) is 4.81. The fourth-order valence-corrected chi connectivity index (χ4v) is 3.00. The van der Waals surface area contributed by atoms with Crippen LogP contribution in [0.2, 0.25) is 5.02 Å². The van der Waals surface area contributed by atoms with Gasteiger partial charge >= 0.3 is 0 Å². The number of aliphatic hydroxyl groups is 2. The Bertz CT molecular complexity index is 490. The van der Waals surface area contributed by atoms with Crippen LogP contribution in [0.1, 0.15) is 84.0 Å². The molecule has 5 heteroatoms. The Morgan fingerprint density at radius 2 is 1.45 bits per heavy atom. The number of nitrogens with two attached hydrogens (primary N) is 1. The third-order valence-corrected chi connectivity index (χ3v) is 5.13. The largest absolute Gasteiger partial charge is 0.506 e. The molecule has 0 saturated carbocycles. The highest BCUT2D eigenvalue weighted by molar-refractivity contribution is 6.31. The molecule has 0 heterocycles. The molecular weight excluding hydrogens is 386 g/mol. The number of hydrogen-bond acceptors (Lipinski definition) is 4. The van der Waals surface area contributed by atoms with E-state index in [-0.39, 0.29) is 12.4 Å². The first-order valence-corrected chi connectivity index (χ1v) is 11.5. The van der Waals surface area contributed by atoms with Gasteiger partial charge in [0.25, 0.3) is 0 Å². The molecule has 0 bridgehead atoms. The van der Waals surface area contributed by atoms with Gasteiger partial charge in [0.1, 0.15) is 5.75 Å². The van der Waals surface area contributed by atoms with Crippen molar-refractivity contribution in [3.05, 3.63) is 41.4 Å². The van der Waals surface area contributed by atoms with E-state index in [9.17, 15) is 5.11 Å². The fourth-order valence-electron chi connectivity index (χ4n) is 2.86. The molecule has 0 aromatic heterocycles. The van der Waals surface area contributed by atoms with E-state index in [0.29, 0.717) is 5.02 Å². The van der Waals surface area contributed by atoms with Crippen LogP contribution in [-0.2, 0) is 0 Å². The number of rotatable bonds is 15. The quantitative estimate of drug-likeness (QED) is 0.205. The molecule has 1 rings (SSSR count). The van der Waals surface area contributed by atoms with E-state index in [1.54, 1.807) is 30.3 Å². The second kappa shape index (κ2) is 20.2. The predicted octanol–water partition coefficient (Wildman–Crippen LogP) is 5.97. The molecule has 0 amide bonds. The fraction of sp³-hybridized carbons (Fsp3) is 0.667. The van der Waals surface area contributed by atoms with Crippen molar-refractivity contribution in [2.45, 2.75) is 96.1 Å². The van der Waals surface area contributed by atoms with Gasteiger partial charge in [-0.3, -0.25) is 0 Å². The van der Waals surface area contributed by atoms with E-state index in [2.05, 4.69) is 6.92 Å². The normalized spacial score (nSPS) is 13.1. The zero-order valence-electron chi connectivity index (χ0n) is 18.1. The topological polar surface area (TPSA) is 86.7 Å².